The number of nitrogen functional groups attached to an aromatic ring is 1. The van der Waals surface area contributed by atoms with Crippen LogP contribution in [0.15, 0.2) is 12.4 Å². The Balaban J connectivity index is 3.06. The fourth-order valence-corrected chi connectivity index (χ4v) is 0.676. The molecule has 0 fully saturated rings. The van der Waals surface area contributed by atoms with Gasteiger partial charge < -0.3 is 10.8 Å². The van der Waals surface area contributed by atoms with Crippen LogP contribution < -0.4 is 5.73 Å². The van der Waals surface area contributed by atoms with Gasteiger partial charge in [-0.05, 0) is 13.8 Å². The Morgan fingerprint density at radius 2 is 2.09 bits per heavy atom. The lowest BCUT2D eigenvalue weighted by Crippen LogP contribution is -2.18. The standard InChI is InChI=1S/C7H11N3O/c1-7(2,11)5-3-9-4-6(8)10-5/h3-4,11H,1-2H3,(H2,8,10). The lowest BCUT2D eigenvalue weighted by molar-refractivity contribution is 0.0736. The Morgan fingerprint density at radius 3 is 2.45 bits per heavy atom. The van der Waals surface area contributed by atoms with Gasteiger partial charge in [0.1, 0.15) is 11.4 Å². The number of hydrogen-bond donors (Lipinski definition) is 2. The number of nitrogens with zero attached hydrogens (tertiary/aromatic N) is 2. The van der Waals surface area contributed by atoms with Crippen LogP contribution in [0.1, 0.15) is 19.5 Å². The molecule has 0 aliphatic heterocycles. The van der Waals surface area contributed by atoms with Crippen molar-refractivity contribution in [2.45, 2.75) is 19.4 Å². The predicted molar refractivity (Wildman–Crippen MR) is 41.7 cm³/mol. The van der Waals surface area contributed by atoms with Gasteiger partial charge in [0.2, 0.25) is 0 Å². The Hall–Kier alpha value is -1.16. The van der Waals surface area contributed by atoms with Gasteiger partial charge in [-0.2, -0.15) is 0 Å². The summed E-state index contributed by atoms with van der Waals surface area (Å²) in [5, 5.41) is 9.46. The largest absolute Gasteiger partial charge is 0.384 e. The molecule has 0 radical (unpaired) electrons. The molecule has 0 atom stereocenters. The first-order valence-corrected chi connectivity index (χ1v) is 3.30. The molecule has 1 rings (SSSR count). The van der Waals surface area contributed by atoms with Gasteiger partial charge in [0, 0.05) is 0 Å². The van der Waals surface area contributed by atoms with E-state index in [9.17, 15) is 5.11 Å². The van der Waals surface area contributed by atoms with Crippen LogP contribution in [0.2, 0.25) is 0 Å². The third-order valence-corrected chi connectivity index (χ3v) is 1.28. The highest BCUT2D eigenvalue weighted by Gasteiger charge is 2.17. The van der Waals surface area contributed by atoms with Crippen LogP contribution in [0.25, 0.3) is 0 Å². The highest BCUT2D eigenvalue weighted by molar-refractivity contribution is 5.25. The van der Waals surface area contributed by atoms with Crippen LogP contribution in [-0.2, 0) is 5.60 Å². The fourth-order valence-electron chi connectivity index (χ4n) is 0.676. The van der Waals surface area contributed by atoms with Crippen LogP contribution >= 0.6 is 0 Å². The van der Waals surface area contributed by atoms with Crippen LogP contribution in [0.4, 0.5) is 5.82 Å². The highest BCUT2D eigenvalue weighted by Crippen LogP contribution is 2.16. The normalized spacial score (nSPS) is 11.5. The molecule has 0 aliphatic carbocycles. The topological polar surface area (TPSA) is 72.0 Å². The summed E-state index contributed by atoms with van der Waals surface area (Å²) in [5.74, 6) is 0.324. The van der Waals surface area contributed by atoms with Gasteiger partial charge in [0.05, 0.1) is 18.1 Å². The van der Waals surface area contributed by atoms with E-state index in [1.165, 1.54) is 12.4 Å². The molecule has 0 unspecified atom stereocenters. The second-order valence-corrected chi connectivity index (χ2v) is 2.89. The van der Waals surface area contributed by atoms with Crippen molar-refractivity contribution < 1.29 is 5.11 Å². The van der Waals surface area contributed by atoms with Gasteiger partial charge in [-0.3, -0.25) is 4.98 Å². The number of hydrogen-bond acceptors (Lipinski definition) is 4. The molecular formula is C7H11N3O. The molecule has 0 saturated heterocycles. The average Bonchev–Trinajstić information content (AvgIpc) is 1.86. The quantitative estimate of drug-likeness (QED) is 0.608. The van der Waals surface area contributed by atoms with Crippen molar-refractivity contribution in [2.24, 2.45) is 0 Å². The summed E-state index contributed by atoms with van der Waals surface area (Å²) in [4.78, 5) is 7.71. The van der Waals surface area contributed by atoms with Crippen LogP contribution in [0.3, 0.4) is 0 Å². The maximum atomic E-state index is 9.46. The molecule has 0 spiro atoms. The second-order valence-electron chi connectivity index (χ2n) is 2.89. The molecular weight excluding hydrogens is 142 g/mol. The number of anilines is 1. The zero-order valence-corrected chi connectivity index (χ0v) is 6.57. The van der Waals surface area contributed by atoms with E-state index >= 15 is 0 Å². The van der Waals surface area contributed by atoms with Crippen LogP contribution in [-0.4, -0.2) is 15.1 Å². The van der Waals surface area contributed by atoms with E-state index in [1.807, 2.05) is 0 Å². The predicted octanol–water partition coefficient (Wildman–Crippen LogP) is 0.286. The molecule has 4 heteroatoms. The second kappa shape index (κ2) is 2.47. The Kier molecular flexibility index (Phi) is 1.78. The zero-order valence-electron chi connectivity index (χ0n) is 6.57. The summed E-state index contributed by atoms with van der Waals surface area (Å²) in [6.45, 7) is 3.27. The summed E-state index contributed by atoms with van der Waals surface area (Å²) in [7, 11) is 0. The van der Waals surface area contributed by atoms with Crippen molar-refractivity contribution in [3.63, 3.8) is 0 Å². The van der Waals surface area contributed by atoms with Gasteiger partial charge in [0.25, 0.3) is 0 Å². The van der Waals surface area contributed by atoms with Crippen molar-refractivity contribution in [3.8, 4) is 0 Å². The molecule has 0 aliphatic rings. The third-order valence-electron chi connectivity index (χ3n) is 1.28. The first-order valence-electron chi connectivity index (χ1n) is 3.30. The molecule has 3 N–H and O–H groups in total. The minimum Gasteiger partial charge on any atom is -0.384 e. The number of aromatic nitrogens is 2. The fraction of sp³-hybridized carbons (Fsp3) is 0.429. The van der Waals surface area contributed by atoms with Crippen molar-refractivity contribution in [1.82, 2.24) is 9.97 Å². The van der Waals surface area contributed by atoms with E-state index in [0.29, 0.717) is 11.5 Å². The summed E-state index contributed by atoms with van der Waals surface area (Å²) < 4.78 is 0. The van der Waals surface area contributed by atoms with Gasteiger partial charge in [0.15, 0.2) is 0 Å². The van der Waals surface area contributed by atoms with Crippen molar-refractivity contribution in [2.75, 3.05) is 5.73 Å². The van der Waals surface area contributed by atoms with Gasteiger partial charge in [-0.25, -0.2) is 4.98 Å². The zero-order chi connectivity index (χ0) is 8.48. The molecule has 0 bridgehead atoms. The Morgan fingerprint density at radius 1 is 1.45 bits per heavy atom. The lowest BCUT2D eigenvalue weighted by Gasteiger charge is -2.15. The molecule has 60 valence electrons. The summed E-state index contributed by atoms with van der Waals surface area (Å²) in [6.07, 6.45) is 2.94. The Labute approximate surface area is 65.1 Å². The molecule has 0 aromatic carbocycles. The van der Waals surface area contributed by atoms with Crippen molar-refractivity contribution in [1.29, 1.82) is 0 Å². The summed E-state index contributed by atoms with van der Waals surface area (Å²) in [5.41, 5.74) is 4.88. The van der Waals surface area contributed by atoms with Gasteiger partial charge in [-0.15, -0.1) is 0 Å². The molecule has 1 aromatic rings. The minimum absolute atomic E-state index is 0.324. The van der Waals surface area contributed by atoms with E-state index in [-0.39, 0.29) is 0 Å². The van der Waals surface area contributed by atoms with Crippen LogP contribution in [0, 0.1) is 0 Å². The van der Waals surface area contributed by atoms with E-state index in [4.69, 9.17) is 5.73 Å². The summed E-state index contributed by atoms with van der Waals surface area (Å²) >= 11 is 0. The van der Waals surface area contributed by atoms with E-state index in [0.717, 1.165) is 0 Å². The summed E-state index contributed by atoms with van der Waals surface area (Å²) in [6, 6.07) is 0. The van der Waals surface area contributed by atoms with Crippen LogP contribution in [0.5, 0.6) is 0 Å². The minimum atomic E-state index is -0.970. The molecule has 4 nitrogen and oxygen atoms in total. The maximum absolute atomic E-state index is 9.46. The first kappa shape index (κ1) is 7.94. The first-order chi connectivity index (χ1) is 5.00. The molecule has 11 heavy (non-hydrogen) atoms. The number of nitrogens with two attached hydrogens (primary N) is 1. The number of rotatable bonds is 1. The van der Waals surface area contributed by atoms with E-state index in [2.05, 4.69) is 9.97 Å². The van der Waals surface area contributed by atoms with Gasteiger partial charge >= 0.3 is 0 Å². The Bertz CT molecular complexity index is 254. The van der Waals surface area contributed by atoms with E-state index in [1.54, 1.807) is 13.8 Å². The number of aliphatic hydroxyl groups is 1. The smallest absolute Gasteiger partial charge is 0.142 e. The maximum Gasteiger partial charge on any atom is 0.142 e. The highest BCUT2D eigenvalue weighted by atomic mass is 16.3. The molecule has 1 heterocycles. The van der Waals surface area contributed by atoms with Gasteiger partial charge in [-0.1, -0.05) is 0 Å². The van der Waals surface area contributed by atoms with Crippen molar-refractivity contribution >= 4 is 5.82 Å². The molecule has 1 aromatic heterocycles. The lowest BCUT2D eigenvalue weighted by atomic mass is 10.1. The van der Waals surface area contributed by atoms with Crippen molar-refractivity contribution in [3.05, 3.63) is 18.1 Å². The SMILES string of the molecule is CC(C)(O)c1cncc(N)n1. The molecule has 0 amide bonds. The molecule has 0 saturated carbocycles. The van der Waals surface area contributed by atoms with E-state index < -0.39 is 5.60 Å². The third kappa shape index (κ3) is 1.88. The average molecular weight is 153 g/mol. The monoisotopic (exact) mass is 153 g/mol.